The molecule has 0 spiro atoms. The molecule has 82 valence electrons. The van der Waals surface area contributed by atoms with Crippen LogP contribution in [0.3, 0.4) is 0 Å². The number of thiophene rings is 1. The van der Waals surface area contributed by atoms with E-state index in [0.717, 1.165) is 25.7 Å². The topological polar surface area (TPSA) is 17.1 Å². The molecule has 1 fully saturated rings. The normalized spacial score (nSPS) is 18.1. The van der Waals surface area contributed by atoms with E-state index < -0.39 is 0 Å². The molecular formula is C14H14OS. The number of rotatable bonds is 1. The van der Waals surface area contributed by atoms with E-state index >= 15 is 0 Å². The van der Waals surface area contributed by atoms with Gasteiger partial charge in [0.05, 0.1) is 0 Å². The highest BCUT2D eigenvalue weighted by Crippen LogP contribution is 2.37. The molecule has 0 aliphatic heterocycles. The third kappa shape index (κ3) is 1.67. The van der Waals surface area contributed by atoms with E-state index in [0.29, 0.717) is 11.7 Å². The Bertz CT molecular complexity index is 516. The van der Waals surface area contributed by atoms with E-state index in [1.54, 1.807) is 0 Å². The zero-order chi connectivity index (χ0) is 11.0. The van der Waals surface area contributed by atoms with Gasteiger partial charge < -0.3 is 0 Å². The highest BCUT2D eigenvalue weighted by molar-refractivity contribution is 7.17. The molecular weight excluding hydrogens is 216 g/mol. The van der Waals surface area contributed by atoms with Gasteiger partial charge in [0.25, 0.3) is 0 Å². The lowest BCUT2D eigenvalue weighted by Crippen LogP contribution is -2.12. The Morgan fingerprint density at radius 2 is 1.94 bits per heavy atom. The van der Waals surface area contributed by atoms with Crippen molar-refractivity contribution < 1.29 is 4.79 Å². The van der Waals surface area contributed by atoms with Crippen molar-refractivity contribution in [2.24, 2.45) is 0 Å². The Kier molecular flexibility index (Phi) is 2.52. The van der Waals surface area contributed by atoms with Gasteiger partial charge in [0.2, 0.25) is 0 Å². The third-order valence-electron chi connectivity index (χ3n) is 3.49. The van der Waals surface area contributed by atoms with Crippen molar-refractivity contribution in [2.75, 3.05) is 0 Å². The van der Waals surface area contributed by atoms with Crippen LogP contribution >= 0.6 is 11.3 Å². The summed E-state index contributed by atoms with van der Waals surface area (Å²) in [6.45, 7) is 0. The first kappa shape index (κ1) is 10.0. The van der Waals surface area contributed by atoms with Crippen LogP contribution in [0.15, 0.2) is 29.6 Å². The Balaban J connectivity index is 1.99. The summed E-state index contributed by atoms with van der Waals surface area (Å²) in [5.41, 5.74) is 1.46. The summed E-state index contributed by atoms with van der Waals surface area (Å²) in [6, 6.07) is 8.72. The van der Waals surface area contributed by atoms with Gasteiger partial charge in [-0.05, 0) is 41.2 Å². The number of carbonyl (C=O) groups is 1. The SMILES string of the molecule is O=C1CCC(c2cccc3ccsc23)CC1. The van der Waals surface area contributed by atoms with Crippen LogP contribution in [0.1, 0.15) is 37.2 Å². The molecule has 0 N–H and O–H groups in total. The van der Waals surface area contributed by atoms with Gasteiger partial charge in [-0.25, -0.2) is 0 Å². The van der Waals surface area contributed by atoms with Crippen molar-refractivity contribution in [1.29, 1.82) is 0 Å². The van der Waals surface area contributed by atoms with Gasteiger partial charge in [0, 0.05) is 17.5 Å². The quantitative estimate of drug-likeness (QED) is 0.720. The molecule has 1 aromatic carbocycles. The summed E-state index contributed by atoms with van der Waals surface area (Å²) in [4.78, 5) is 11.3. The van der Waals surface area contributed by atoms with Gasteiger partial charge in [0.1, 0.15) is 5.78 Å². The molecule has 2 aromatic rings. The molecule has 3 rings (SSSR count). The van der Waals surface area contributed by atoms with Crippen LogP contribution in [0, 0.1) is 0 Å². The number of hydrogen-bond donors (Lipinski definition) is 0. The molecule has 1 aliphatic carbocycles. The molecule has 0 atom stereocenters. The highest BCUT2D eigenvalue weighted by Gasteiger charge is 2.21. The zero-order valence-corrected chi connectivity index (χ0v) is 9.93. The summed E-state index contributed by atoms with van der Waals surface area (Å²) in [7, 11) is 0. The molecule has 1 nitrogen and oxygen atoms in total. The molecule has 1 aliphatic rings. The fourth-order valence-electron chi connectivity index (χ4n) is 2.59. The van der Waals surface area contributed by atoms with Crippen LogP contribution in [0.25, 0.3) is 10.1 Å². The highest BCUT2D eigenvalue weighted by atomic mass is 32.1. The molecule has 0 amide bonds. The van der Waals surface area contributed by atoms with Crippen LogP contribution in [0.4, 0.5) is 0 Å². The summed E-state index contributed by atoms with van der Waals surface area (Å²) >= 11 is 1.82. The standard InChI is InChI=1S/C14H14OS/c15-12-6-4-10(5-7-12)13-3-1-2-11-8-9-16-14(11)13/h1-3,8-10H,4-7H2. The van der Waals surface area contributed by atoms with Crippen LogP contribution in [-0.4, -0.2) is 5.78 Å². The number of benzene rings is 1. The molecule has 1 aromatic heterocycles. The van der Waals surface area contributed by atoms with Crippen molar-refractivity contribution in [3.05, 3.63) is 35.2 Å². The van der Waals surface area contributed by atoms with Crippen LogP contribution in [-0.2, 0) is 4.79 Å². The Labute approximate surface area is 99.1 Å². The van der Waals surface area contributed by atoms with Crippen LogP contribution in [0.2, 0.25) is 0 Å². The monoisotopic (exact) mass is 230 g/mol. The maximum absolute atomic E-state index is 11.3. The Morgan fingerprint density at radius 1 is 1.12 bits per heavy atom. The molecule has 0 radical (unpaired) electrons. The maximum Gasteiger partial charge on any atom is 0.132 e. The lowest BCUT2D eigenvalue weighted by Gasteiger charge is -2.21. The Morgan fingerprint density at radius 3 is 2.75 bits per heavy atom. The molecule has 0 unspecified atom stereocenters. The maximum atomic E-state index is 11.3. The minimum absolute atomic E-state index is 0.439. The van der Waals surface area contributed by atoms with E-state index in [4.69, 9.17) is 0 Å². The average molecular weight is 230 g/mol. The minimum atomic E-state index is 0.439. The predicted octanol–water partition coefficient (Wildman–Crippen LogP) is 4.13. The lowest BCUT2D eigenvalue weighted by molar-refractivity contribution is -0.120. The van der Waals surface area contributed by atoms with Crippen LogP contribution < -0.4 is 0 Å². The molecule has 1 heterocycles. The summed E-state index contributed by atoms with van der Waals surface area (Å²) in [5, 5.41) is 3.50. The fraction of sp³-hybridized carbons (Fsp3) is 0.357. The van der Waals surface area contributed by atoms with Gasteiger partial charge >= 0.3 is 0 Å². The summed E-state index contributed by atoms with van der Waals surface area (Å²) in [6.07, 6.45) is 3.62. The van der Waals surface area contributed by atoms with Crippen molar-refractivity contribution in [3.63, 3.8) is 0 Å². The largest absolute Gasteiger partial charge is 0.300 e. The third-order valence-corrected chi connectivity index (χ3v) is 4.47. The molecule has 1 saturated carbocycles. The van der Waals surface area contributed by atoms with Gasteiger partial charge in [0.15, 0.2) is 0 Å². The molecule has 16 heavy (non-hydrogen) atoms. The number of fused-ring (bicyclic) bond motifs is 1. The van der Waals surface area contributed by atoms with Gasteiger partial charge in [-0.2, -0.15) is 0 Å². The van der Waals surface area contributed by atoms with Gasteiger partial charge in [-0.15, -0.1) is 11.3 Å². The van der Waals surface area contributed by atoms with Crippen molar-refractivity contribution in [2.45, 2.75) is 31.6 Å². The smallest absolute Gasteiger partial charge is 0.132 e. The Hall–Kier alpha value is -1.15. The van der Waals surface area contributed by atoms with Crippen molar-refractivity contribution >= 4 is 27.2 Å². The molecule has 0 bridgehead atoms. The van der Waals surface area contributed by atoms with E-state index in [2.05, 4.69) is 29.6 Å². The molecule has 0 saturated heterocycles. The summed E-state index contributed by atoms with van der Waals surface area (Å²) in [5.74, 6) is 1.04. The predicted molar refractivity (Wildman–Crippen MR) is 68.0 cm³/mol. The second-order valence-corrected chi connectivity index (χ2v) is 5.42. The zero-order valence-electron chi connectivity index (χ0n) is 9.11. The number of carbonyl (C=O) groups excluding carboxylic acids is 1. The van der Waals surface area contributed by atoms with E-state index in [1.807, 2.05) is 11.3 Å². The van der Waals surface area contributed by atoms with Crippen molar-refractivity contribution in [3.8, 4) is 0 Å². The van der Waals surface area contributed by atoms with Crippen LogP contribution in [0.5, 0.6) is 0 Å². The first-order chi connectivity index (χ1) is 7.84. The first-order valence-corrected chi connectivity index (χ1v) is 6.70. The van der Waals surface area contributed by atoms with Gasteiger partial charge in [-0.3, -0.25) is 4.79 Å². The number of Topliss-reactive ketones (excluding diaryl/α,β-unsaturated/α-hetero) is 1. The van der Waals surface area contributed by atoms with E-state index in [1.165, 1.54) is 15.6 Å². The van der Waals surface area contributed by atoms with E-state index in [-0.39, 0.29) is 0 Å². The minimum Gasteiger partial charge on any atom is -0.300 e. The van der Waals surface area contributed by atoms with E-state index in [9.17, 15) is 4.79 Å². The number of hydrogen-bond acceptors (Lipinski definition) is 2. The first-order valence-electron chi connectivity index (χ1n) is 5.82. The van der Waals surface area contributed by atoms with Gasteiger partial charge in [-0.1, -0.05) is 18.2 Å². The fourth-order valence-corrected chi connectivity index (χ4v) is 3.58. The second kappa shape index (κ2) is 4.02. The average Bonchev–Trinajstić information content (AvgIpc) is 2.78. The number of ketones is 1. The molecule has 2 heteroatoms. The second-order valence-electron chi connectivity index (χ2n) is 4.50. The van der Waals surface area contributed by atoms with Crippen molar-refractivity contribution in [1.82, 2.24) is 0 Å². The lowest BCUT2D eigenvalue weighted by atomic mass is 9.83. The summed E-state index contributed by atoms with van der Waals surface area (Å²) < 4.78 is 1.42.